The Hall–Kier alpha value is -2.50. The van der Waals surface area contributed by atoms with E-state index in [0.717, 1.165) is 24.3 Å². The summed E-state index contributed by atoms with van der Waals surface area (Å²) in [6.45, 7) is 0.771. The number of carboxylic acid groups (broad SMARTS) is 1. The van der Waals surface area contributed by atoms with Crippen molar-refractivity contribution < 1.29 is 14.6 Å². The van der Waals surface area contributed by atoms with Crippen molar-refractivity contribution in [2.24, 2.45) is 0 Å². The molecule has 3 rings (SSSR count). The van der Waals surface area contributed by atoms with Gasteiger partial charge in [-0.15, -0.1) is 0 Å². The largest absolute Gasteiger partial charge is 0.497 e. The lowest BCUT2D eigenvalue weighted by atomic mass is 10.0. The number of carboxylic acids is 1. The molecule has 1 aromatic carbocycles. The second-order valence-corrected chi connectivity index (χ2v) is 4.67. The van der Waals surface area contributed by atoms with Crippen molar-refractivity contribution in [1.82, 2.24) is 9.55 Å². The number of imidazole rings is 1. The van der Waals surface area contributed by atoms with Crippen molar-refractivity contribution in [3.8, 4) is 5.75 Å². The summed E-state index contributed by atoms with van der Waals surface area (Å²) in [7, 11) is 1.63. The minimum atomic E-state index is -1.01. The van der Waals surface area contributed by atoms with Gasteiger partial charge in [-0.2, -0.15) is 0 Å². The molecule has 20 heavy (non-hydrogen) atoms. The summed E-state index contributed by atoms with van der Waals surface area (Å²) in [5.74, 6) is 0.399. The van der Waals surface area contributed by atoms with Crippen LogP contribution in [-0.4, -0.2) is 34.3 Å². The van der Waals surface area contributed by atoms with E-state index in [0.29, 0.717) is 5.95 Å². The van der Waals surface area contributed by atoms with Crippen LogP contribution in [0, 0.1) is 0 Å². The van der Waals surface area contributed by atoms with Crippen molar-refractivity contribution in [2.45, 2.75) is 12.5 Å². The third-order valence-electron chi connectivity index (χ3n) is 3.49. The van der Waals surface area contributed by atoms with Crippen LogP contribution in [0.3, 0.4) is 0 Å². The molecule has 0 saturated heterocycles. The first kappa shape index (κ1) is 12.5. The Labute approximate surface area is 116 Å². The van der Waals surface area contributed by atoms with Crippen LogP contribution in [0.15, 0.2) is 30.5 Å². The Balaban J connectivity index is 1.97. The fourth-order valence-corrected chi connectivity index (χ4v) is 2.48. The van der Waals surface area contributed by atoms with E-state index in [-0.39, 0.29) is 11.7 Å². The maximum atomic E-state index is 11.0. The van der Waals surface area contributed by atoms with Gasteiger partial charge in [-0.05, 0) is 24.1 Å². The number of nitrogens with zero attached hydrogens (tertiary/aromatic N) is 2. The Kier molecular flexibility index (Phi) is 3.06. The van der Waals surface area contributed by atoms with Crippen molar-refractivity contribution in [3.05, 3.63) is 41.7 Å². The maximum absolute atomic E-state index is 11.0. The van der Waals surface area contributed by atoms with Gasteiger partial charge >= 0.3 is 5.97 Å². The van der Waals surface area contributed by atoms with Crippen molar-refractivity contribution in [1.29, 1.82) is 0 Å². The lowest BCUT2D eigenvalue weighted by Crippen LogP contribution is -2.23. The van der Waals surface area contributed by atoms with Gasteiger partial charge in [-0.3, -0.25) is 0 Å². The second-order valence-electron chi connectivity index (χ2n) is 4.67. The monoisotopic (exact) mass is 273 g/mol. The molecule has 0 amide bonds. The number of hydrogen-bond acceptors (Lipinski definition) is 4. The summed E-state index contributed by atoms with van der Waals surface area (Å²) in [5, 5.41) is 12.2. The second kappa shape index (κ2) is 4.88. The molecule has 0 fully saturated rings. The molecule has 0 aliphatic carbocycles. The number of aromatic carboxylic acids is 1. The Morgan fingerprint density at radius 3 is 2.85 bits per heavy atom. The first-order valence-corrected chi connectivity index (χ1v) is 6.39. The molecule has 2 aromatic rings. The van der Waals surface area contributed by atoms with Gasteiger partial charge in [-0.25, -0.2) is 9.78 Å². The molecule has 2 heterocycles. The van der Waals surface area contributed by atoms with E-state index in [2.05, 4.69) is 10.3 Å². The van der Waals surface area contributed by atoms with E-state index in [1.54, 1.807) is 13.3 Å². The Morgan fingerprint density at radius 2 is 2.20 bits per heavy atom. The number of carbonyl (C=O) groups is 1. The quantitative estimate of drug-likeness (QED) is 0.894. The number of methoxy groups -OCH3 is 1. The molecule has 1 aromatic heterocycles. The maximum Gasteiger partial charge on any atom is 0.356 e. The average Bonchev–Trinajstić information content (AvgIpc) is 2.91. The number of rotatable bonds is 3. The van der Waals surface area contributed by atoms with Crippen LogP contribution >= 0.6 is 0 Å². The summed E-state index contributed by atoms with van der Waals surface area (Å²) < 4.78 is 7.04. The smallest absolute Gasteiger partial charge is 0.356 e. The van der Waals surface area contributed by atoms with Crippen LogP contribution in [0.5, 0.6) is 5.75 Å². The minimum Gasteiger partial charge on any atom is -0.497 e. The van der Waals surface area contributed by atoms with Crippen LogP contribution in [0.4, 0.5) is 5.95 Å². The zero-order valence-corrected chi connectivity index (χ0v) is 11.0. The molecule has 1 atom stereocenters. The topological polar surface area (TPSA) is 76.4 Å². The molecule has 0 radical (unpaired) electrons. The summed E-state index contributed by atoms with van der Waals surface area (Å²) in [6, 6.07) is 7.91. The van der Waals surface area contributed by atoms with Crippen molar-refractivity contribution >= 4 is 11.9 Å². The molecule has 6 heteroatoms. The lowest BCUT2D eigenvalue weighted by molar-refractivity contribution is 0.0691. The van der Waals surface area contributed by atoms with Crippen LogP contribution in [0.25, 0.3) is 0 Å². The fraction of sp³-hybridized carbons (Fsp3) is 0.286. The summed E-state index contributed by atoms with van der Waals surface area (Å²) >= 11 is 0. The van der Waals surface area contributed by atoms with E-state index in [4.69, 9.17) is 9.84 Å². The molecule has 1 unspecified atom stereocenters. The van der Waals surface area contributed by atoms with Gasteiger partial charge in [0, 0.05) is 12.7 Å². The van der Waals surface area contributed by atoms with E-state index in [1.807, 2.05) is 28.8 Å². The molecule has 0 spiro atoms. The minimum absolute atomic E-state index is 0.0629. The van der Waals surface area contributed by atoms with E-state index in [1.165, 1.54) is 0 Å². The molecule has 1 aliphatic rings. The molecular weight excluding hydrogens is 258 g/mol. The lowest BCUT2D eigenvalue weighted by Gasteiger charge is -2.26. The van der Waals surface area contributed by atoms with E-state index in [9.17, 15) is 4.79 Å². The predicted octanol–water partition coefficient (Wildman–Crippen LogP) is 1.99. The molecule has 104 valence electrons. The third kappa shape index (κ3) is 2.09. The van der Waals surface area contributed by atoms with Gasteiger partial charge in [0.2, 0.25) is 5.95 Å². The highest BCUT2D eigenvalue weighted by Gasteiger charge is 2.24. The number of anilines is 1. The van der Waals surface area contributed by atoms with E-state index < -0.39 is 5.97 Å². The number of nitrogens with one attached hydrogen (secondary N) is 1. The van der Waals surface area contributed by atoms with Crippen molar-refractivity contribution in [2.75, 3.05) is 19.0 Å². The number of aromatic nitrogens is 2. The number of ether oxygens (including phenoxy) is 1. The highest BCUT2D eigenvalue weighted by Crippen LogP contribution is 2.30. The van der Waals surface area contributed by atoms with Crippen LogP contribution in [0.1, 0.15) is 28.5 Å². The summed E-state index contributed by atoms with van der Waals surface area (Å²) in [5.41, 5.74) is 1.18. The Bertz CT molecular complexity index is 634. The summed E-state index contributed by atoms with van der Waals surface area (Å²) in [4.78, 5) is 15.1. The SMILES string of the molecule is COc1ccc(C2CCNc3nc(C(=O)O)cn32)cc1. The number of benzene rings is 1. The molecule has 2 N–H and O–H groups in total. The zero-order chi connectivity index (χ0) is 14.1. The van der Waals surface area contributed by atoms with Crippen LogP contribution in [-0.2, 0) is 0 Å². The molecule has 6 nitrogen and oxygen atoms in total. The normalized spacial score (nSPS) is 17.1. The molecule has 0 bridgehead atoms. The van der Waals surface area contributed by atoms with E-state index >= 15 is 0 Å². The number of hydrogen-bond donors (Lipinski definition) is 2. The van der Waals surface area contributed by atoms with Crippen molar-refractivity contribution in [3.63, 3.8) is 0 Å². The Morgan fingerprint density at radius 1 is 1.45 bits per heavy atom. The van der Waals surface area contributed by atoms with Crippen LogP contribution in [0.2, 0.25) is 0 Å². The fourth-order valence-electron chi connectivity index (χ4n) is 2.48. The molecule has 0 saturated carbocycles. The van der Waals surface area contributed by atoms with Gasteiger partial charge in [0.1, 0.15) is 5.75 Å². The predicted molar refractivity (Wildman–Crippen MR) is 73.4 cm³/mol. The first-order valence-electron chi connectivity index (χ1n) is 6.39. The third-order valence-corrected chi connectivity index (χ3v) is 3.49. The standard InChI is InChI=1S/C14H15N3O3/c1-20-10-4-2-9(3-5-10)12-6-7-15-14-16-11(13(18)19)8-17(12)14/h2-5,8,12H,6-7H2,1H3,(H,15,16)(H,18,19). The van der Waals surface area contributed by atoms with Gasteiger partial charge in [0.25, 0.3) is 0 Å². The van der Waals surface area contributed by atoms with Crippen LogP contribution < -0.4 is 10.1 Å². The van der Waals surface area contributed by atoms with Gasteiger partial charge in [-0.1, -0.05) is 12.1 Å². The van der Waals surface area contributed by atoms with Gasteiger partial charge in [0.15, 0.2) is 5.69 Å². The van der Waals surface area contributed by atoms with Gasteiger partial charge < -0.3 is 19.7 Å². The highest BCUT2D eigenvalue weighted by molar-refractivity contribution is 5.85. The average molecular weight is 273 g/mol. The first-order chi connectivity index (χ1) is 9.69. The summed E-state index contributed by atoms with van der Waals surface area (Å²) in [6.07, 6.45) is 2.47. The van der Waals surface area contributed by atoms with Gasteiger partial charge in [0.05, 0.1) is 13.2 Å². The molecular formula is C14H15N3O3. The molecule has 1 aliphatic heterocycles. The zero-order valence-electron chi connectivity index (χ0n) is 11.0. The number of fused-ring (bicyclic) bond motifs is 1. The highest BCUT2D eigenvalue weighted by atomic mass is 16.5.